The molecule has 2 rings (SSSR count). The van der Waals surface area contributed by atoms with E-state index in [4.69, 9.17) is 11.6 Å². The summed E-state index contributed by atoms with van der Waals surface area (Å²) in [7, 11) is 0. The van der Waals surface area contributed by atoms with Gasteiger partial charge in [-0.2, -0.15) is 0 Å². The second kappa shape index (κ2) is 5.74. The van der Waals surface area contributed by atoms with Crippen LogP contribution < -0.4 is 0 Å². The molecule has 1 aliphatic carbocycles. The molecule has 2 unspecified atom stereocenters. The Labute approximate surface area is 125 Å². The van der Waals surface area contributed by atoms with Gasteiger partial charge in [0.1, 0.15) is 0 Å². The quantitative estimate of drug-likeness (QED) is 0.907. The molecule has 1 saturated carbocycles. The summed E-state index contributed by atoms with van der Waals surface area (Å²) >= 11 is 5.88. The minimum Gasteiger partial charge on any atom is -0.389 e. The van der Waals surface area contributed by atoms with Crippen LogP contribution in [0.25, 0.3) is 0 Å². The van der Waals surface area contributed by atoms with Crippen LogP contribution in [-0.2, 0) is 4.79 Å². The number of amides is 1. The monoisotopic (exact) mass is 295 g/mol. The van der Waals surface area contributed by atoms with E-state index in [2.05, 4.69) is 0 Å². The second-order valence-electron chi connectivity index (χ2n) is 6.17. The minimum atomic E-state index is -0.851. The number of benzene rings is 1. The molecule has 20 heavy (non-hydrogen) atoms. The summed E-state index contributed by atoms with van der Waals surface area (Å²) in [5.41, 5.74) is 0.322. The van der Waals surface area contributed by atoms with Crippen molar-refractivity contribution in [1.29, 1.82) is 0 Å². The molecule has 0 spiro atoms. The molecule has 1 aromatic carbocycles. The maximum Gasteiger partial charge on any atom is 0.226 e. The Morgan fingerprint density at radius 3 is 2.50 bits per heavy atom. The Balaban J connectivity index is 1.99. The van der Waals surface area contributed by atoms with Gasteiger partial charge in [0, 0.05) is 24.0 Å². The molecule has 4 heteroatoms. The van der Waals surface area contributed by atoms with E-state index in [0.717, 1.165) is 11.4 Å². The first-order valence-electron chi connectivity index (χ1n) is 7.08. The molecule has 1 aliphatic rings. The third-order valence-corrected chi connectivity index (χ3v) is 3.93. The molecule has 1 N–H and O–H groups in total. The first kappa shape index (κ1) is 15.3. The van der Waals surface area contributed by atoms with E-state index in [9.17, 15) is 9.90 Å². The first-order chi connectivity index (χ1) is 9.31. The second-order valence-corrected chi connectivity index (χ2v) is 6.60. The summed E-state index contributed by atoms with van der Waals surface area (Å²) in [4.78, 5) is 14.2. The molecule has 0 saturated heterocycles. The molecule has 2 atom stereocenters. The number of carbonyl (C=O) groups is 1. The Kier molecular flexibility index (Phi) is 4.40. The molecule has 0 aliphatic heterocycles. The van der Waals surface area contributed by atoms with Gasteiger partial charge in [0.25, 0.3) is 0 Å². The van der Waals surface area contributed by atoms with Crippen LogP contribution in [0.2, 0.25) is 5.02 Å². The lowest BCUT2D eigenvalue weighted by molar-refractivity contribution is -0.135. The van der Waals surface area contributed by atoms with Gasteiger partial charge in [-0.25, -0.2) is 0 Å². The maximum atomic E-state index is 12.5. The molecule has 0 radical (unpaired) electrons. The molecular weight excluding hydrogens is 274 g/mol. The van der Waals surface area contributed by atoms with E-state index in [0.29, 0.717) is 19.0 Å². The Morgan fingerprint density at radius 2 is 2.00 bits per heavy atom. The van der Waals surface area contributed by atoms with Gasteiger partial charge < -0.3 is 10.0 Å². The van der Waals surface area contributed by atoms with Gasteiger partial charge in [0.2, 0.25) is 5.91 Å². The van der Waals surface area contributed by atoms with Crippen molar-refractivity contribution in [2.45, 2.75) is 38.7 Å². The first-order valence-corrected chi connectivity index (χ1v) is 7.46. The summed E-state index contributed by atoms with van der Waals surface area (Å²) in [6.07, 6.45) is 0.892. The highest BCUT2D eigenvalue weighted by atomic mass is 35.5. The summed E-state index contributed by atoms with van der Waals surface area (Å²) in [6.45, 7) is 6.42. The average molecular weight is 296 g/mol. The Bertz CT molecular complexity index is 478. The summed E-state index contributed by atoms with van der Waals surface area (Å²) in [5.74, 6) is 0.503. The standard InChI is InChI=1S/C16H22ClNO2/c1-4-18(10-16(2,3)20)15(19)14-9-13(14)11-5-7-12(17)8-6-11/h5-8,13-14,20H,4,9-10H2,1-3H3. The van der Waals surface area contributed by atoms with Crippen molar-refractivity contribution in [3.05, 3.63) is 34.9 Å². The number of nitrogens with zero attached hydrogens (tertiary/aromatic N) is 1. The highest BCUT2D eigenvalue weighted by Crippen LogP contribution is 2.48. The van der Waals surface area contributed by atoms with Crippen LogP contribution in [0.4, 0.5) is 0 Å². The van der Waals surface area contributed by atoms with E-state index < -0.39 is 5.60 Å². The number of aliphatic hydroxyl groups is 1. The largest absolute Gasteiger partial charge is 0.389 e. The summed E-state index contributed by atoms with van der Waals surface area (Å²) < 4.78 is 0. The van der Waals surface area contributed by atoms with Gasteiger partial charge in [-0.3, -0.25) is 4.79 Å². The van der Waals surface area contributed by atoms with Crippen molar-refractivity contribution >= 4 is 17.5 Å². The Hall–Kier alpha value is -1.06. The van der Waals surface area contributed by atoms with Gasteiger partial charge in [-0.05, 0) is 50.8 Å². The van der Waals surface area contributed by atoms with Gasteiger partial charge in [-0.15, -0.1) is 0 Å². The smallest absolute Gasteiger partial charge is 0.226 e. The van der Waals surface area contributed by atoms with Crippen molar-refractivity contribution < 1.29 is 9.90 Å². The topological polar surface area (TPSA) is 40.5 Å². The predicted molar refractivity (Wildman–Crippen MR) is 80.9 cm³/mol. The van der Waals surface area contributed by atoms with Crippen LogP contribution in [0.5, 0.6) is 0 Å². The van der Waals surface area contributed by atoms with Crippen molar-refractivity contribution in [1.82, 2.24) is 4.90 Å². The van der Waals surface area contributed by atoms with Gasteiger partial charge >= 0.3 is 0 Å². The number of rotatable bonds is 5. The average Bonchev–Trinajstić information content (AvgIpc) is 3.15. The SMILES string of the molecule is CCN(CC(C)(C)O)C(=O)C1CC1c1ccc(Cl)cc1. The van der Waals surface area contributed by atoms with E-state index in [1.165, 1.54) is 5.56 Å². The normalized spacial score (nSPS) is 21.6. The lowest BCUT2D eigenvalue weighted by Crippen LogP contribution is -2.42. The zero-order valence-corrected chi connectivity index (χ0v) is 13.0. The highest BCUT2D eigenvalue weighted by Gasteiger charge is 2.45. The molecule has 0 heterocycles. The molecule has 1 fully saturated rings. The van der Waals surface area contributed by atoms with Crippen LogP contribution in [0.15, 0.2) is 24.3 Å². The fraction of sp³-hybridized carbons (Fsp3) is 0.562. The van der Waals surface area contributed by atoms with Crippen molar-refractivity contribution in [3.63, 3.8) is 0 Å². The van der Waals surface area contributed by atoms with Gasteiger partial charge in [0.05, 0.1) is 5.60 Å². The number of hydrogen-bond donors (Lipinski definition) is 1. The maximum absolute atomic E-state index is 12.5. The van der Waals surface area contributed by atoms with E-state index in [1.54, 1.807) is 18.7 Å². The number of carbonyl (C=O) groups excluding carboxylic acids is 1. The van der Waals surface area contributed by atoms with Crippen molar-refractivity contribution in [3.8, 4) is 0 Å². The zero-order chi connectivity index (χ0) is 14.9. The zero-order valence-electron chi connectivity index (χ0n) is 12.3. The van der Waals surface area contributed by atoms with E-state index in [-0.39, 0.29) is 11.8 Å². The summed E-state index contributed by atoms with van der Waals surface area (Å²) in [5, 5.41) is 10.6. The lowest BCUT2D eigenvalue weighted by atomic mass is 10.1. The fourth-order valence-electron chi connectivity index (χ4n) is 2.59. The van der Waals surface area contributed by atoms with Crippen LogP contribution >= 0.6 is 11.6 Å². The number of hydrogen-bond acceptors (Lipinski definition) is 2. The lowest BCUT2D eigenvalue weighted by Gasteiger charge is -2.28. The van der Waals surface area contributed by atoms with E-state index >= 15 is 0 Å². The molecule has 3 nitrogen and oxygen atoms in total. The number of halogens is 1. The predicted octanol–water partition coefficient (Wildman–Crippen LogP) is 3.06. The van der Waals surface area contributed by atoms with Crippen LogP contribution in [0.3, 0.4) is 0 Å². The van der Waals surface area contributed by atoms with Crippen LogP contribution in [0.1, 0.15) is 38.7 Å². The van der Waals surface area contributed by atoms with Crippen LogP contribution in [-0.4, -0.2) is 34.6 Å². The fourth-order valence-corrected chi connectivity index (χ4v) is 2.72. The van der Waals surface area contributed by atoms with Gasteiger partial charge in [0.15, 0.2) is 0 Å². The summed E-state index contributed by atoms with van der Waals surface area (Å²) in [6, 6.07) is 7.72. The third-order valence-electron chi connectivity index (χ3n) is 3.68. The van der Waals surface area contributed by atoms with E-state index in [1.807, 2.05) is 31.2 Å². The van der Waals surface area contributed by atoms with Crippen molar-refractivity contribution in [2.24, 2.45) is 5.92 Å². The molecular formula is C16H22ClNO2. The molecule has 110 valence electrons. The molecule has 0 bridgehead atoms. The van der Waals surface area contributed by atoms with Crippen LogP contribution in [0, 0.1) is 5.92 Å². The van der Waals surface area contributed by atoms with Crippen molar-refractivity contribution in [2.75, 3.05) is 13.1 Å². The number of likely N-dealkylation sites (N-methyl/N-ethyl adjacent to an activating group) is 1. The molecule has 1 amide bonds. The highest BCUT2D eigenvalue weighted by molar-refractivity contribution is 6.30. The van der Waals surface area contributed by atoms with Gasteiger partial charge in [-0.1, -0.05) is 23.7 Å². The minimum absolute atomic E-state index is 0.0541. The molecule has 1 aromatic rings. The Morgan fingerprint density at radius 1 is 1.40 bits per heavy atom. The third kappa shape index (κ3) is 3.74. The molecule has 0 aromatic heterocycles.